The van der Waals surface area contributed by atoms with E-state index in [1.165, 1.54) is 11.1 Å². The zero-order chi connectivity index (χ0) is 15.0. The first-order valence-corrected chi connectivity index (χ1v) is 7.21. The van der Waals surface area contributed by atoms with Crippen LogP contribution in [0, 0.1) is 6.92 Å². The first-order valence-electron chi connectivity index (χ1n) is 7.21. The summed E-state index contributed by atoms with van der Waals surface area (Å²) in [6.45, 7) is 4.20. The third-order valence-corrected chi connectivity index (χ3v) is 4.19. The lowest BCUT2D eigenvalue weighted by Crippen LogP contribution is -2.38. The van der Waals surface area contributed by atoms with Crippen molar-refractivity contribution in [2.75, 3.05) is 7.11 Å². The number of nitrogens with two attached hydrogens (primary N) is 1. The number of fused-ring (bicyclic) bond motifs is 1. The molecule has 0 saturated heterocycles. The zero-order valence-electron chi connectivity index (χ0n) is 12.7. The number of methoxy groups -OCH3 is 1. The Morgan fingerprint density at radius 1 is 1.24 bits per heavy atom. The molecule has 1 unspecified atom stereocenters. The van der Waals surface area contributed by atoms with Crippen LogP contribution in [0.1, 0.15) is 36.1 Å². The zero-order valence-corrected chi connectivity index (χ0v) is 12.7. The Bertz CT molecular complexity index is 668. The van der Waals surface area contributed by atoms with Gasteiger partial charge in [0.25, 0.3) is 0 Å². The van der Waals surface area contributed by atoms with E-state index in [-0.39, 0.29) is 6.04 Å². The summed E-state index contributed by atoms with van der Waals surface area (Å²) in [4.78, 5) is 0. The molecule has 0 aliphatic carbocycles. The van der Waals surface area contributed by atoms with E-state index < -0.39 is 5.60 Å². The topological polar surface area (TPSA) is 44.5 Å². The standard InChI is InChI=1S/C18H21NO2/c1-12-5-4-6-13(9-12)18(2)11-16(19)15-10-14(20-3)7-8-17(15)21-18/h4-10,16H,11,19H2,1-3H3/t16-,18?/m1/s1. The van der Waals surface area contributed by atoms with Crippen LogP contribution in [0.25, 0.3) is 0 Å². The molecule has 0 bridgehead atoms. The summed E-state index contributed by atoms with van der Waals surface area (Å²) in [6.07, 6.45) is 0.747. The molecule has 2 atom stereocenters. The lowest BCUT2D eigenvalue weighted by atomic mass is 9.83. The first-order chi connectivity index (χ1) is 10.0. The normalized spacial score (nSPS) is 24.1. The SMILES string of the molecule is COc1ccc2c(c1)[C@H](N)CC(C)(c1cccc(C)c1)O2. The number of aryl methyl sites for hydroxylation is 1. The van der Waals surface area contributed by atoms with Gasteiger partial charge in [0.05, 0.1) is 7.11 Å². The lowest BCUT2D eigenvalue weighted by molar-refractivity contribution is 0.0509. The monoisotopic (exact) mass is 283 g/mol. The molecule has 2 N–H and O–H groups in total. The van der Waals surface area contributed by atoms with E-state index >= 15 is 0 Å². The number of hydrogen-bond donors (Lipinski definition) is 1. The van der Waals surface area contributed by atoms with Gasteiger partial charge >= 0.3 is 0 Å². The molecule has 1 heterocycles. The van der Waals surface area contributed by atoms with Gasteiger partial charge in [-0.3, -0.25) is 0 Å². The number of hydrogen-bond acceptors (Lipinski definition) is 3. The highest BCUT2D eigenvalue weighted by Crippen LogP contribution is 2.44. The summed E-state index contributed by atoms with van der Waals surface area (Å²) >= 11 is 0. The van der Waals surface area contributed by atoms with E-state index in [0.717, 1.165) is 23.5 Å². The van der Waals surface area contributed by atoms with Crippen molar-refractivity contribution in [1.29, 1.82) is 0 Å². The molecule has 2 aromatic rings. The summed E-state index contributed by atoms with van der Waals surface area (Å²) < 4.78 is 11.6. The number of benzene rings is 2. The Hall–Kier alpha value is -2.00. The average molecular weight is 283 g/mol. The van der Waals surface area contributed by atoms with Gasteiger partial charge in [0.2, 0.25) is 0 Å². The minimum Gasteiger partial charge on any atom is -0.497 e. The summed E-state index contributed by atoms with van der Waals surface area (Å²) in [5, 5.41) is 0. The molecule has 1 aliphatic heterocycles. The van der Waals surface area contributed by atoms with Crippen LogP contribution in [0.3, 0.4) is 0 Å². The molecule has 110 valence electrons. The van der Waals surface area contributed by atoms with Crippen LogP contribution in [0.15, 0.2) is 42.5 Å². The third-order valence-electron chi connectivity index (χ3n) is 4.19. The van der Waals surface area contributed by atoms with Crippen LogP contribution in [0.4, 0.5) is 0 Å². The molecule has 2 aromatic carbocycles. The summed E-state index contributed by atoms with van der Waals surface area (Å²) in [7, 11) is 1.66. The van der Waals surface area contributed by atoms with Gasteiger partial charge < -0.3 is 15.2 Å². The van der Waals surface area contributed by atoms with Crippen molar-refractivity contribution in [3.05, 3.63) is 59.2 Å². The fourth-order valence-corrected chi connectivity index (χ4v) is 3.00. The molecule has 0 amide bonds. The van der Waals surface area contributed by atoms with Crippen LogP contribution in [0.2, 0.25) is 0 Å². The minimum absolute atomic E-state index is 0.0608. The van der Waals surface area contributed by atoms with Gasteiger partial charge in [-0.25, -0.2) is 0 Å². The molecular weight excluding hydrogens is 262 g/mol. The van der Waals surface area contributed by atoms with Crippen molar-refractivity contribution in [1.82, 2.24) is 0 Å². The molecule has 21 heavy (non-hydrogen) atoms. The van der Waals surface area contributed by atoms with Crippen LogP contribution < -0.4 is 15.2 Å². The second kappa shape index (κ2) is 5.08. The van der Waals surface area contributed by atoms with Gasteiger partial charge in [0.15, 0.2) is 0 Å². The maximum Gasteiger partial charge on any atom is 0.133 e. The van der Waals surface area contributed by atoms with E-state index in [9.17, 15) is 0 Å². The molecule has 0 fully saturated rings. The highest BCUT2D eigenvalue weighted by molar-refractivity contribution is 5.45. The van der Waals surface area contributed by atoms with Crippen LogP contribution in [0.5, 0.6) is 11.5 Å². The number of ether oxygens (including phenoxy) is 2. The predicted molar refractivity (Wildman–Crippen MR) is 83.7 cm³/mol. The van der Waals surface area contributed by atoms with Crippen LogP contribution in [-0.4, -0.2) is 7.11 Å². The maximum atomic E-state index is 6.39. The Labute approximate surface area is 125 Å². The molecule has 3 heteroatoms. The second-order valence-corrected chi connectivity index (χ2v) is 5.92. The Morgan fingerprint density at radius 3 is 2.76 bits per heavy atom. The summed E-state index contributed by atoms with van der Waals surface area (Å²) in [6, 6.07) is 14.2. The largest absolute Gasteiger partial charge is 0.497 e. The fraction of sp³-hybridized carbons (Fsp3) is 0.333. The molecular formula is C18H21NO2. The molecule has 0 saturated carbocycles. The van der Waals surface area contributed by atoms with Crippen LogP contribution >= 0.6 is 0 Å². The Balaban J connectivity index is 2.01. The second-order valence-electron chi connectivity index (χ2n) is 5.92. The lowest BCUT2D eigenvalue weighted by Gasteiger charge is -2.39. The molecule has 0 aromatic heterocycles. The fourth-order valence-electron chi connectivity index (χ4n) is 3.00. The van der Waals surface area contributed by atoms with Crippen molar-refractivity contribution in [2.24, 2.45) is 5.73 Å². The van der Waals surface area contributed by atoms with Gasteiger partial charge in [0, 0.05) is 18.0 Å². The van der Waals surface area contributed by atoms with Crippen LogP contribution in [-0.2, 0) is 5.60 Å². The van der Waals surface area contributed by atoms with E-state index in [4.69, 9.17) is 15.2 Å². The minimum atomic E-state index is -0.396. The maximum absolute atomic E-state index is 6.39. The molecule has 1 aliphatic rings. The van der Waals surface area contributed by atoms with Gasteiger partial charge in [-0.15, -0.1) is 0 Å². The summed E-state index contributed by atoms with van der Waals surface area (Å²) in [5.74, 6) is 1.66. The van der Waals surface area contributed by atoms with E-state index in [1.54, 1.807) is 7.11 Å². The van der Waals surface area contributed by atoms with E-state index in [2.05, 4.69) is 38.1 Å². The summed E-state index contributed by atoms with van der Waals surface area (Å²) in [5.41, 5.74) is 9.40. The van der Waals surface area contributed by atoms with Gasteiger partial charge in [-0.05, 0) is 37.6 Å². The predicted octanol–water partition coefficient (Wildman–Crippen LogP) is 3.70. The van der Waals surface area contributed by atoms with Crippen molar-refractivity contribution in [3.63, 3.8) is 0 Å². The van der Waals surface area contributed by atoms with E-state index in [1.807, 2.05) is 18.2 Å². The van der Waals surface area contributed by atoms with Gasteiger partial charge in [0.1, 0.15) is 17.1 Å². The number of rotatable bonds is 2. The highest BCUT2D eigenvalue weighted by Gasteiger charge is 2.37. The van der Waals surface area contributed by atoms with E-state index in [0.29, 0.717) is 0 Å². The molecule has 3 nitrogen and oxygen atoms in total. The Morgan fingerprint density at radius 2 is 2.05 bits per heavy atom. The van der Waals surface area contributed by atoms with Crippen molar-refractivity contribution < 1.29 is 9.47 Å². The van der Waals surface area contributed by atoms with Gasteiger partial charge in [-0.2, -0.15) is 0 Å². The first kappa shape index (κ1) is 14.0. The molecule has 3 rings (SSSR count). The molecule has 0 spiro atoms. The van der Waals surface area contributed by atoms with Gasteiger partial charge in [-0.1, -0.05) is 29.8 Å². The highest BCUT2D eigenvalue weighted by atomic mass is 16.5. The quantitative estimate of drug-likeness (QED) is 0.914. The van der Waals surface area contributed by atoms with Crippen molar-refractivity contribution in [2.45, 2.75) is 31.9 Å². The van der Waals surface area contributed by atoms with Crippen molar-refractivity contribution >= 4 is 0 Å². The average Bonchev–Trinajstić information content (AvgIpc) is 2.47. The van der Waals surface area contributed by atoms with Crippen molar-refractivity contribution in [3.8, 4) is 11.5 Å². The Kier molecular flexibility index (Phi) is 3.38. The smallest absolute Gasteiger partial charge is 0.133 e. The third kappa shape index (κ3) is 2.49. The molecule has 0 radical (unpaired) electrons.